The van der Waals surface area contributed by atoms with E-state index in [1.807, 2.05) is 19.1 Å². The number of carbonyl (C=O) groups is 2. The van der Waals surface area contributed by atoms with Crippen LogP contribution in [-0.4, -0.2) is 41.8 Å². The zero-order valence-corrected chi connectivity index (χ0v) is 19.8. The summed E-state index contributed by atoms with van der Waals surface area (Å²) in [7, 11) is 0. The fourth-order valence-electron chi connectivity index (χ4n) is 5.04. The van der Waals surface area contributed by atoms with Crippen molar-refractivity contribution < 1.29 is 24.2 Å². The van der Waals surface area contributed by atoms with Crippen molar-refractivity contribution in [3.63, 3.8) is 0 Å². The quantitative estimate of drug-likeness (QED) is 0.587. The van der Waals surface area contributed by atoms with Crippen molar-refractivity contribution in [3.05, 3.63) is 59.3 Å². The molecule has 182 valence electrons. The number of hydrogen-bond acceptors (Lipinski definition) is 5. The highest BCUT2D eigenvalue weighted by atomic mass is 16.5. The molecule has 2 N–H and O–H groups in total. The number of carbonyl (C=O) groups excluding carboxylic acids is 1. The van der Waals surface area contributed by atoms with E-state index in [9.17, 15) is 9.59 Å². The van der Waals surface area contributed by atoms with Gasteiger partial charge in [-0.15, -0.1) is 0 Å². The molecular formula is C27H34N2O5. The standard InChI is InChI=1S/C27H34N2O5/c1-19(21-7-9-22(10-8-21)25(30)31)29-26(32)27(12-15-33-16-13-27)23-11-14-28-24(17-23)34-18-20-5-3-2-4-6-20/h7-11,14,17,19-20H,2-6,12-13,15-16,18H2,1H3,(H,29,32)(H,30,31). The van der Waals surface area contributed by atoms with Crippen molar-refractivity contribution in [1.82, 2.24) is 10.3 Å². The number of pyridine rings is 1. The number of aromatic carboxylic acids is 1. The van der Waals surface area contributed by atoms with Crippen molar-refractivity contribution in [2.45, 2.75) is 63.3 Å². The smallest absolute Gasteiger partial charge is 0.335 e. The van der Waals surface area contributed by atoms with Gasteiger partial charge in [0, 0.05) is 25.5 Å². The zero-order valence-electron chi connectivity index (χ0n) is 19.8. The minimum atomic E-state index is -0.969. The van der Waals surface area contributed by atoms with E-state index in [0.29, 0.717) is 44.5 Å². The van der Waals surface area contributed by atoms with Gasteiger partial charge in [0.15, 0.2) is 0 Å². The summed E-state index contributed by atoms with van der Waals surface area (Å²) in [5.41, 5.74) is 1.25. The number of nitrogens with zero attached hydrogens (tertiary/aromatic N) is 1. The average Bonchev–Trinajstić information content (AvgIpc) is 2.88. The number of hydrogen-bond donors (Lipinski definition) is 2. The minimum absolute atomic E-state index is 0.0601. The SMILES string of the molecule is CC(NC(=O)C1(c2ccnc(OCC3CCCCC3)c2)CCOCC1)c1ccc(C(=O)O)cc1. The van der Waals surface area contributed by atoms with E-state index in [-0.39, 0.29) is 17.5 Å². The number of ether oxygens (including phenoxy) is 2. The van der Waals surface area contributed by atoms with Crippen molar-refractivity contribution in [2.24, 2.45) is 5.92 Å². The number of nitrogens with one attached hydrogen (secondary N) is 1. The summed E-state index contributed by atoms with van der Waals surface area (Å²) >= 11 is 0. The Hall–Kier alpha value is -2.93. The monoisotopic (exact) mass is 466 g/mol. The molecule has 1 atom stereocenters. The maximum Gasteiger partial charge on any atom is 0.335 e. The van der Waals surface area contributed by atoms with E-state index in [2.05, 4.69) is 10.3 Å². The van der Waals surface area contributed by atoms with E-state index < -0.39 is 11.4 Å². The van der Waals surface area contributed by atoms with Gasteiger partial charge in [-0.25, -0.2) is 9.78 Å². The van der Waals surface area contributed by atoms with Crippen LogP contribution in [0.15, 0.2) is 42.6 Å². The van der Waals surface area contributed by atoms with Gasteiger partial charge in [0.05, 0.1) is 23.6 Å². The predicted molar refractivity (Wildman–Crippen MR) is 128 cm³/mol. The third kappa shape index (κ3) is 5.58. The fraction of sp³-hybridized carbons (Fsp3) is 0.519. The third-order valence-electron chi connectivity index (χ3n) is 7.27. The van der Waals surface area contributed by atoms with Crippen LogP contribution in [0.25, 0.3) is 0 Å². The van der Waals surface area contributed by atoms with Gasteiger partial charge in [-0.3, -0.25) is 4.79 Å². The molecule has 2 fully saturated rings. The molecule has 2 aliphatic rings. The molecule has 1 aliphatic heterocycles. The van der Waals surface area contributed by atoms with E-state index >= 15 is 0 Å². The van der Waals surface area contributed by atoms with E-state index in [1.165, 1.54) is 32.1 Å². The second-order valence-electron chi connectivity index (χ2n) is 9.51. The Bertz CT molecular complexity index is 979. The lowest BCUT2D eigenvalue weighted by atomic mass is 9.73. The van der Waals surface area contributed by atoms with Gasteiger partial charge < -0.3 is 19.9 Å². The number of amides is 1. The highest BCUT2D eigenvalue weighted by molar-refractivity contribution is 5.89. The van der Waals surface area contributed by atoms with Crippen LogP contribution < -0.4 is 10.1 Å². The Kier molecular flexibility index (Phi) is 7.83. The van der Waals surface area contributed by atoms with Gasteiger partial charge in [0.2, 0.25) is 11.8 Å². The summed E-state index contributed by atoms with van der Waals surface area (Å²) in [5, 5.41) is 12.3. The molecule has 0 radical (unpaired) electrons. The van der Waals surface area contributed by atoms with Gasteiger partial charge in [-0.05, 0) is 67.9 Å². The average molecular weight is 467 g/mol. The van der Waals surface area contributed by atoms with E-state index in [4.69, 9.17) is 14.6 Å². The van der Waals surface area contributed by atoms with Gasteiger partial charge in [-0.1, -0.05) is 31.4 Å². The lowest BCUT2D eigenvalue weighted by Crippen LogP contribution is -2.48. The largest absolute Gasteiger partial charge is 0.478 e. The van der Waals surface area contributed by atoms with Crippen LogP contribution in [0.5, 0.6) is 5.88 Å². The molecule has 1 saturated heterocycles. The second kappa shape index (κ2) is 11.0. The molecule has 34 heavy (non-hydrogen) atoms. The topological polar surface area (TPSA) is 97.8 Å². The van der Waals surface area contributed by atoms with Crippen LogP contribution in [0, 0.1) is 5.92 Å². The summed E-state index contributed by atoms with van der Waals surface area (Å²) in [6.45, 7) is 3.60. The van der Waals surface area contributed by atoms with E-state index in [0.717, 1.165) is 11.1 Å². The van der Waals surface area contributed by atoms with Gasteiger partial charge in [0.25, 0.3) is 0 Å². The zero-order chi connectivity index (χ0) is 24.0. The fourth-order valence-corrected chi connectivity index (χ4v) is 5.04. The molecule has 1 amide bonds. The van der Waals surface area contributed by atoms with Crippen LogP contribution in [-0.2, 0) is 14.9 Å². The third-order valence-corrected chi connectivity index (χ3v) is 7.27. The number of aromatic nitrogens is 1. The number of carboxylic acids is 1. The Morgan fingerprint density at radius 2 is 1.85 bits per heavy atom. The van der Waals surface area contributed by atoms with Crippen LogP contribution >= 0.6 is 0 Å². The molecular weight excluding hydrogens is 432 g/mol. The first-order valence-electron chi connectivity index (χ1n) is 12.3. The summed E-state index contributed by atoms with van der Waals surface area (Å²) in [4.78, 5) is 29.2. The van der Waals surface area contributed by atoms with Crippen LogP contribution in [0.3, 0.4) is 0 Å². The normalized spacial score (nSPS) is 19.2. The molecule has 7 nitrogen and oxygen atoms in total. The van der Waals surface area contributed by atoms with Gasteiger partial charge in [-0.2, -0.15) is 0 Å². The summed E-state index contributed by atoms with van der Waals surface area (Å²) in [6, 6.07) is 10.2. The Balaban J connectivity index is 1.49. The summed E-state index contributed by atoms with van der Waals surface area (Å²) in [5.74, 6) is 0.116. The minimum Gasteiger partial charge on any atom is -0.478 e. The highest BCUT2D eigenvalue weighted by Gasteiger charge is 2.42. The summed E-state index contributed by atoms with van der Waals surface area (Å²) in [6.07, 6.45) is 9.13. The number of benzene rings is 1. The molecule has 1 aromatic heterocycles. The number of rotatable bonds is 8. The number of carboxylic acid groups (broad SMARTS) is 1. The molecule has 7 heteroatoms. The summed E-state index contributed by atoms with van der Waals surface area (Å²) < 4.78 is 11.7. The van der Waals surface area contributed by atoms with Crippen molar-refractivity contribution in [3.8, 4) is 5.88 Å². The molecule has 0 bridgehead atoms. The first-order chi connectivity index (χ1) is 16.5. The molecule has 2 aromatic rings. The van der Waals surface area contributed by atoms with Gasteiger partial charge >= 0.3 is 5.97 Å². The highest BCUT2D eigenvalue weighted by Crippen LogP contribution is 2.37. The second-order valence-corrected chi connectivity index (χ2v) is 9.51. The Morgan fingerprint density at radius 3 is 2.53 bits per heavy atom. The van der Waals surface area contributed by atoms with Crippen LogP contribution in [0.1, 0.15) is 79.4 Å². The van der Waals surface area contributed by atoms with Crippen molar-refractivity contribution in [1.29, 1.82) is 0 Å². The predicted octanol–water partition coefficient (Wildman–Crippen LogP) is 4.66. The molecule has 2 heterocycles. The lowest BCUT2D eigenvalue weighted by molar-refractivity contribution is -0.131. The van der Waals surface area contributed by atoms with Crippen molar-refractivity contribution >= 4 is 11.9 Å². The Labute approximate surface area is 200 Å². The van der Waals surface area contributed by atoms with Gasteiger partial charge in [0.1, 0.15) is 0 Å². The lowest BCUT2D eigenvalue weighted by Gasteiger charge is -2.37. The molecule has 0 spiro atoms. The molecule has 4 rings (SSSR count). The first-order valence-corrected chi connectivity index (χ1v) is 12.3. The molecule has 1 aliphatic carbocycles. The molecule has 1 aromatic carbocycles. The maximum absolute atomic E-state index is 13.7. The van der Waals surface area contributed by atoms with Crippen LogP contribution in [0.2, 0.25) is 0 Å². The van der Waals surface area contributed by atoms with Crippen LogP contribution in [0.4, 0.5) is 0 Å². The molecule has 1 saturated carbocycles. The Morgan fingerprint density at radius 1 is 1.15 bits per heavy atom. The molecule has 1 unspecified atom stereocenters. The first kappa shape index (κ1) is 24.2. The van der Waals surface area contributed by atoms with E-state index in [1.54, 1.807) is 30.5 Å². The maximum atomic E-state index is 13.7. The van der Waals surface area contributed by atoms with Crippen molar-refractivity contribution in [2.75, 3.05) is 19.8 Å².